The van der Waals surface area contributed by atoms with Crippen LogP contribution in [0.4, 0.5) is 39.8 Å². The van der Waals surface area contributed by atoms with Crippen molar-refractivity contribution in [3.05, 3.63) is 163 Å². The van der Waals surface area contributed by atoms with Gasteiger partial charge in [-0.2, -0.15) is 5.26 Å². The summed E-state index contributed by atoms with van der Waals surface area (Å²) in [7, 11) is -3.00. The Balaban J connectivity index is 1.36. The number of hydrogen-bond acceptors (Lipinski definition) is 3. The molecule has 0 fully saturated rings. The van der Waals surface area contributed by atoms with Gasteiger partial charge in [0.05, 0.1) is 45.7 Å². The van der Waals surface area contributed by atoms with Crippen LogP contribution in [0.3, 0.4) is 0 Å². The molecular weight excluding hydrogens is 689 g/mol. The Morgan fingerprint density at radius 1 is 0.463 bits per heavy atom. The summed E-state index contributed by atoms with van der Waals surface area (Å²) in [5.74, 6) is 0. The minimum Gasteiger partial charge on any atom is -0.310 e. The Hall–Kier alpha value is -6.19. The van der Waals surface area contributed by atoms with Gasteiger partial charge >= 0.3 is 0 Å². The fourth-order valence-corrected chi connectivity index (χ4v) is 9.93. The average molecular weight is 731 g/mol. The summed E-state index contributed by atoms with van der Waals surface area (Å²) in [6, 6.07) is 54.2. The van der Waals surface area contributed by atoms with Crippen molar-refractivity contribution in [1.82, 2.24) is 0 Å². The first-order valence-corrected chi connectivity index (χ1v) is 25.4. The maximum absolute atomic E-state index is 9.61. The molecule has 54 heavy (non-hydrogen) atoms. The van der Waals surface area contributed by atoms with E-state index < -0.39 is 16.1 Å². The molecule has 8 aromatic rings. The number of rotatable bonds is 8. The van der Waals surface area contributed by atoms with E-state index in [9.17, 15) is 5.26 Å². The van der Waals surface area contributed by atoms with Crippen LogP contribution in [0.25, 0.3) is 37.2 Å². The Labute approximate surface area is 320 Å². The first kappa shape index (κ1) is 34.9. The Morgan fingerprint density at radius 2 is 0.815 bits per heavy atom. The van der Waals surface area contributed by atoms with Crippen molar-refractivity contribution < 1.29 is 0 Å². The number of nitrogens with zero attached hydrogens (tertiary/aromatic N) is 4. The third kappa shape index (κ3) is 6.20. The highest BCUT2D eigenvalue weighted by molar-refractivity contribution is 6.89. The lowest BCUT2D eigenvalue weighted by Crippen LogP contribution is -2.37. The van der Waals surface area contributed by atoms with Gasteiger partial charge < -0.3 is 9.80 Å². The number of hydrogen-bond donors (Lipinski definition) is 0. The predicted molar refractivity (Wildman–Crippen MR) is 236 cm³/mol. The van der Waals surface area contributed by atoms with Crippen LogP contribution in [0.15, 0.2) is 146 Å². The molecule has 0 heterocycles. The van der Waals surface area contributed by atoms with Crippen molar-refractivity contribution in [3.63, 3.8) is 0 Å². The zero-order valence-electron chi connectivity index (χ0n) is 31.6. The summed E-state index contributed by atoms with van der Waals surface area (Å²) in [6.07, 6.45) is 0. The summed E-state index contributed by atoms with van der Waals surface area (Å²) in [5.41, 5.74) is 7.60. The second kappa shape index (κ2) is 13.3. The largest absolute Gasteiger partial charge is 0.310 e. The van der Waals surface area contributed by atoms with E-state index in [0.717, 1.165) is 44.9 Å². The van der Waals surface area contributed by atoms with Crippen molar-refractivity contribution in [2.24, 2.45) is 0 Å². The van der Waals surface area contributed by atoms with Crippen LogP contribution in [0.5, 0.6) is 0 Å². The molecule has 8 rings (SSSR count). The zero-order chi connectivity index (χ0) is 37.8. The van der Waals surface area contributed by atoms with Gasteiger partial charge in [0.25, 0.3) is 0 Å². The van der Waals surface area contributed by atoms with Gasteiger partial charge in [-0.1, -0.05) is 122 Å². The lowest BCUT2D eigenvalue weighted by molar-refractivity contribution is 1.30. The van der Waals surface area contributed by atoms with Crippen LogP contribution in [-0.2, 0) is 0 Å². The second-order valence-corrected chi connectivity index (χ2v) is 26.3. The average Bonchev–Trinajstić information content (AvgIpc) is 3.18. The Bertz CT molecular complexity index is 2530. The minimum atomic E-state index is -1.50. The van der Waals surface area contributed by atoms with Gasteiger partial charge in [-0.15, -0.1) is 0 Å². The van der Waals surface area contributed by atoms with E-state index in [1.54, 1.807) is 0 Å². The fraction of sp³-hybridized carbons (Fsp3) is 0.125. The van der Waals surface area contributed by atoms with Gasteiger partial charge in [-0.3, -0.25) is 0 Å². The summed E-state index contributed by atoms with van der Waals surface area (Å²) in [5, 5.41) is 19.6. The smallest absolute Gasteiger partial charge is 0.187 e. The second-order valence-electron chi connectivity index (χ2n) is 16.1. The van der Waals surface area contributed by atoms with Crippen LogP contribution in [0.2, 0.25) is 39.3 Å². The van der Waals surface area contributed by atoms with Crippen LogP contribution in [0.1, 0.15) is 5.56 Å². The number of benzene rings is 8. The standard InChI is InChI=1S/C48H42N4Si2/c1-50-36-14-18-38(19-15-36)52(40-22-26-42(27-23-40)54(5,6)7)46-31-13-35-10-28-43-45(30-12-34-11-29-44(46)48(35)47(34)43)51(37-16-8-33(32-49)9-17-37)39-20-24-41(25-21-39)53(2,3)4/h8-31H,2-7H3. The van der Waals surface area contributed by atoms with Gasteiger partial charge in [0.15, 0.2) is 5.69 Å². The van der Waals surface area contributed by atoms with Crippen molar-refractivity contribution in [1.29, 1.82) is 5.26 Å². The summed E-state index contributed by atoms with van der Waals surface area (Å²) in [6.45, 7) is 21.8. The monoisotopic (exact) mass is 730 g/mol. The molecule has 262 valence electrons. The zero-order valence-corrected chi connectivity index (χ0v) is 33.6. The molecule has 0 bridgehead atoms. The molecule has 4 nitrogen and oxygen atoms in total. The molecule has 0 aliphatic heterocycles. The Morgan fingerprint density at radius 3 is 1.17 bits per heavy atom. The molecule has 0 N–H and O–H groups in total. The first-order valence-electron chi connectivity index (χ1n) is 18.4. The molecule has 0 saturated carbocycles. The SMILES string of the molecule is [C-]#[N+]c1ccc(N(c2ccc([Si](C)(C)C)cc2)c2ccc3ccc4c(N(c5ccc(C#N)cc5)c5ccc([Si](C)(C)C)cc5)ccc5ccc2c3c54)cc1. The normalized spacial score (nSPS) is 11.9. The van der Waals surface area contributed by atoms with Gasteiger partial charge in [0, 0.05) is 33.5 Å². The van der Waals surface area contributed by atoms with E-state index in [-0.39, 0.29) is 0 Å². The highest BCUT2D eigenvalue weighted by atomic mass is 28.3. The summed E-state index contributed by atoms with van der Waals surface area (Å²) >= 11 is 0. The van der Waals surface area contributed by atoms with Crippen molar-refractivity contribution >= 4 is 98.7 Å². The molecular formula is C48H42N4Si2. The number of nitriles is 1. The Kier molecular flexibility index (Phi) is 8.62. The van der Waals surface area contributed by atoms with E-state index in [0.29, 0.717) is 11.3 Å². The molecule has 0 aromatic heterocycles. The lowest BCUT2D eigenvalue weighted by atomic mass is 9.91. The van der Waals surface area contributed by atoms with Crippen molar-refractivity contribution in [3.8, 4) is 6.07 Å². The molecule has 0 atom stereocenters. The van der Waals surface area contributed by atoms with Gasteiger partial charge in [0.1, 0.15) is 0 Å². The summed E-state index contributed by atoms with van der Waals surface area (Å²) in [4.78, 5) is 8.33. The van der Waals surface area contributed by atoms with Gasteiger partial charge in [0.2, 0.25) is 0 Å². The molecule has 0 saturated heterocycles. The molecule has 0 amide bonds. The van der Waals surface area contributed by atoms with Crippen LogP contribution < -0.4 is 20.2 Å². The van der Waals surface area contributed by atoms with E-state index in [4.69, 9.17) is 6.57 Å². The molecule has 8 aromatic carbocycles. The lowest BCUT2D eigenvalue weighted by Gasteiger charge is -2.30. The third-order valence-corrected chi connectivity index (χ3v) is 14.7. The van der Waals surface area contributed by atoms with E-state index in [1.807, 2.05) is 36.4 Å². The van der Waals surface area contributed by atoms with Crippen molar-refractivity contribution in [2.45, 2.75) is 39.3 Å². The van der Waals surface area contributed by atoms with Gasteiger partial charge in [-0.25, -0.2) is 4.85 Å². The van der Waals surface area contributed by atoms with Crippen molar-refractivity contribution in [2.75, 3.05) is 9.80 Å². The molecule has 0 aliphatic rings. The predicted octanol–water partition coefficient (Wildman–Crippen LogP) is 13.0. The van der Waals surface area contributed by atoms with Crippen LogP contribution >= 0.6 is 0 Å². The molecule has 6 heteroatoms. The quantitative estimate of drug-likeness (QED) is 0.0887. The van der Waals surface area contributed by atoms with Crippen LogP contribution in [0, 0.1) is 17.9 Å². The highest BCUT2D eigenvalue weighted by Crippen LogP contribution is 2.47. The molecule has 0 unspecified atom stereocenters. The first-order chi connectivity index (χ1) is 25.9. The van der Waals surface area contributed by atoms with E-state index in [2.05, 4.69) is 169 Å². The van der Waals surface area contributed by atoms with E-state index in [1.165, 1.54) is 31.9 Å². The topological polar surface area (TPSA) is 34.6 Å². The maximum atomic E-state index is 9.61. The molecule has 0 spiro atoms. The molecule has 0 radical (unpaired) electrons. The van der Waals surface area contributed by atoms with Crippen LogP contribution in [-0.4, -0.2) is 16.1 Å². The highest BCUT2D eigenvalue weighted by Gasteiger charge is 2.23. The maximum Gasteiger partial charge on any atom is 0.187 e. The van der Waals surface area contributed by atoms with Gasteiger partial charge in [-0.05, 0) is 94.3 Å². The number of anilines is 6. The molecule has 0 aliphatic carbocycles. The third-order valence-electron chi connectivity index (χ3n) is 10.6. The minimum absolute atomic E-state index is 0.623. The fourth-order valence-electron chi connectivity index (χ4n) is 7.60. The van der Waals surface area contributed by atoms with E-state index >= 15 is 0 Å². The summed E-state index contributed by atoms with van der Waals surface area (Å²) < 4.78 is 0.